The summed E-state index contributed by atoms with van der Waals surface area (Å²) in [5.41, 5.74) is 2.20. The van der Waals surface area contributed by atoms with Crippen molar-refractivity contribution >= 4 is 5.91 Å². The van der Waals surface area contributed by atoms with Gasteiger partial charge in [0.25, 0.3) is 0 Å². The van der Waals surface area contributed by atoms with Gasteiger partial charge < -0.3 is 10.1 Å². The lowest BCUT2D eigenvalue weighted by Gasteiger charge is -2.18. The van der Waals surface area contributed by atoms with Crippen molar-refractivity contribution in [2.24, 2.45) is 0 Å². The first-order chi connectivity index (χ1) is 10.8. The van der Waals surface area contributed by atoms with Gasteiger partial charge in [0.2, 0.25) is 5.91 Å². The highest BCUT2D eigenvalue weighted by molar-refractivity contribution is 5.76. The van der Waals surface area contributed by atoms with E-state index >= 15 is 0 Å². The highest BCUT2D eigenvalue weighted by atomic mass is 16.5. The highest BCUT2D eigenvalue weighted by Crippen LogP contribution is 2.08. The van der Waals surface area contributed by atoms with Crippen molar-refractivity contribution in [3.63, 3.8) is 0 Å². The standard InChI is InChI=1S/C16H20N4O2/c21-16-8-4-7-15-10-17-19-20(15)12-22-11-14(18-16)9-13-5-2-1-3-6-13/h1-3,5-6,10,14H,4,7-9,11-12H2,(H,18,21)/t14-/m0/s1. The normalized spacial score (nSPS) is 19.8. The summed E-state index contributed by atoms with van der Waals surface area (Å²) in [5, 5.41) is 11.0. The molecular weight excluding hydrogens is 280 g/mol. The highest BCUT2D eigenvalue weighted by Gasteiger charge is 2.16. The number of aryl methyl sites for hydroxylation is 1. The van der Waals surface area contributed by atoms with Gasteiger partial charge in [-0.1, -0.05) is 35.5 Å². The van der Waals surface area contributed by atoms with Crippen LogP contribution in [0.2, 0.25) is 0 Å². The summed E-state index contributed by atoms with van der Waals surface area (Å²) in [6.07, 6.45) is 4.58. The number of nitrogens with one attached hydrogen (secondary N) is 1. The number of carbonyl (C=O) groups is 1. The predicted molar refractivity (Wildman–Crippen MR) is 81.0 cm³/mol. The van der Waals surface area contributed by atoms with Gasteiger partial charge in [-0.3, -0.25) is 4.79 Å². The fourth-order valence-corrected chi connectivity index (χ4v) is 2.64. The Labute approximate surface area is 129 Å². The van der Waals surface area contributed by atoms with Crippen LogP contribution in [0.5, 0.6) is 0 Å². The van der Waals surface area contributed by atoms with Crippen LogP contribution in [0.1, 0.15) is 24.1 Å². The summed E-state index contributed by atoms with van der Waals surface area (Å²) in [6.45, 7) is 0.830. The molecule has 0 fully saturated rings. The van der Waals surface area contributed by atoms with Crippen LogP contribution >= 0.6 is 0 Å². The molecule has 2 aromatic rings. The Kier molecular flexibility index (Phi) is 4.80. The summed E-state index contributed by atoms with van der Waals surface area (Å²) in [7, 11) is 0. The molecule has 1 atom stereocenters. The maximum atomic E-state index is 12.1. The fourth-order valence-electron chi connectivity index (χ4n) is 2.64. The van der Waals surface area contributed by atoms with Gasteiger partial charge in [-0.2, -0.15) is 0 Å². The molecule has 6 heteroatoms. The number of aromatic nitrogens is 3. The van der Waals surface area contributed by atoms with E-state index in [4.69, 9.17) is 4.74 Å². The quantitative estimate of drug-likeness (QED) is 0.908. The molecule has 6 nitrogen and oxygen atoms in total. The third kappa shape index (κ3) is 3.92. The van der Waals surface area contributed by atoms with Crippen LogP contribution in [0.4, 0.5) is 0 Å². The summed E-state index contributed by atoms with van der Waals surface area (Å²) >= 11 is 0. The molecule has 3 rings (SSSR count). The van der Waals surface area contributed by atoms with Gasteiger partial charge in [-0.05, 0) is 24.8 Å². The lowest BCUT2D eigenvalue weighted by atomic mass is 10.1. The molecule has 0 spiro atoms. The molecule has 1 aliphatic rings. The Hall–Kier alpha value is -2.21. The van der Waals surface area contributed by atoms with Crippen LogP contribution in [0.15, 0.2) is 36.5 Å². The molecule has 2 heterocycles. The molecule has 0 aliphatic carbocycles. The number of hydrogen-bond acceptors (Lipinski definition) is 4. The zero-order chi connectivity index (χ0) is 15.2. The summed E-state index contributed by atoms with van der Waals surface area (Å²) in [4.78, 5) is 12.1. The summed E-state index contributed by atoms with van der Waals surface area (Å²) in [5.74, 6) is 0.0745. The topological polar surface area (TPSA) is 69.0 Å². The molecular formula is C16H20N4O2. The SMILES string of the molecule is O=C1CCCc2cnnn2COC[C@H](Cc2ccccc2)N1. The Morgan fingerprint density at radius 2 is 2.14 bits per heavy atom. The van der Waals surface area contributed by atoms with Crippen LogP contribution < -0.4 is 5.32 Å². The number of fused-ring (bicyclic) bond motifs is 1. The Morgan fingerprint density at radius 3 is 3.00 bits per heavy atom. The largest absolute Gasteiger partial charge is 0.357 e. The number of rotatable bonds is 2. The van der Waals surface area contributed by atoms with E-state index in [-0.39, 0.29) is 11.9 Å². The smallest absolute Gasteiger partial charge is 0.220 e. The first kappa shape index (κ1) is 14.7. The second kappa shape index (κ2) is 7.17. The second-order valence-electron chi connectivity index (χ2n) is 5.53. The van der Waals surface area contributed by atoms with Gasteiger partial charge in [0, 0.05) is 6.42 Å². The first-order valence-corrected chi connectivity index (χ1v) is 7.59. The average molecular weight is 300 g/mol. The Morgan fingerprint density at radius 1 is 1.27 bits per heavy atom. The van der Waals surface area contributed by atoms with Crippen molar-refractivity contribution < 1.29 is 9.53 Å². The molecule has 22 heavy (non-hydrogen) atoms. The van der Waals surface area contributed by atoms with Crippen molar-refractivity contribution in [2.45, 2.75) is 38.5 Å². The van der Waals surface area contributed by atoms with Crippen LogP contribution in [0.3, 0.4) is 0 Å². The van der Waals surface area contributed by atoms with Crippen LogP contribution in [-0.2, 0) is 29.1 Å². The summed E-state index contributed by atoms with van der Waals surface area (Å²) in [6, 6.07) is 10.1. The van der Waals surface area contributed by atoms with Crippen molar-refractivity contribution in [3.05, 3.63) is 47.8 Å². The Bertz CT molecular complexity index is 612. The zero-order valence-corrected chi connectivity index (χ0v) is 12.4. The van der Waals surface area contributed by atoms with Crippen LogP contribution in [0, 0.1) is 0 Å². The van der Waals surface area contributed by atoms with E-state index in [1.165, 1.54) is 5.56 Å². The number of carbonyl (C=O) groups excluding carboxylic acids is 1. The molecule has 0 saturated heterocycles. The number of amides is 1. The minimum absolute atomic E-state index is 0.0278. The second-order valence-corrected chi connectivity index (χ2v) is 5.53. The molecule has 0 saturated carbocycles. The van der Waals surface area contributed by atoms with E-state index in [0.717, 1.165) is 25.0 Å². The van der Waals surface area contributed by atoms with Crippen molar-refractivity contribution in [2.75, 3.05) is 6.61 Å². The van der Waals surface area contributed by atoms with E-state index in [2.05, 4.69) is 27.8 Å². The third-order valence-electron chi connectivity index (χ3n) is 3.76. The lowest BCUT2D eigenvalue weighted by molar-refractivity contribution is -0.122. The minimum atomic E-state index is -0.0278. The molecule has 0 radical (unpaired) electrons. The number of benzene rings is 1. The molecule has 116 valence electrons. The molecule has 0 unspecified atom stereocenters. The fraction of sp³-hybridized carbons (Fsp3) is 0.438. The van der Waals surface area contributed by atoms with Crippen molar-refractivity contribution in [3.8, 4) is 0 Å². The van der Waals surface area contributed by atoms with Gasteiger partial charge in [0.1, 0.15) is 6.73 Å². The minimum Gasteiger partial charge on any atom is -0.357 e. The van der Waals surface area contributed by atoms with Crippen LogP contribution in [0.25, 0.3) is 0 Å². The van der Waals surface area contributed by atoms with Crippen molar-refractivity contribution in [1.82, 2.24) is 20.3 Å². The lowest BCUT2D eigenvalue weighted by Crippen LogP contribution is -2.39. The van der Waals surface area contributed by atoms with Gasteiger partial charge >= 0.3 is 0 Å². The van der Waals surface area contributed by atoms with E-state index in [1.54, 1.807) is 10.9 Å². The monoisotopic (exact) mass is 300 g/mol. The Balaban J connectivity index is 1.67. The van der Waals surface area contributed by atoms with Gasteiger partial charge in [0.15, 0.2) is 0 Å². The number of ether oxygens (including phenoxy) is 1. The van der Waals surface area contributed by atoms with Crippen LogP contribution in [-0.4, -0.2) is 33.5 Å². The van der Waals surface area contributed by atoms with E-state index in [9.17, 15) is 4.79 Å². The molecule has 1 N–H and O–H groups in total. The zero-order valence-electron chi connectivity index (χ0n) is 12.4. The maximum absolute atomic E-state index is 12.1. The average Bonchev–Trinajstić information content (AvgIpc) is 2.94. The van der Waals surface area contributed by atoms with E-state index in [0.29, 0.717) is 19.8 Å². The molecule has 1 aromatic heterocycles. The molecule has 1 aromatic carbocycles. The van der Waals surface area contributed by atoms with Gasteiger partial charge in [0.05, 0.1) is 24.5 Å². The van der Waals surface area contributed by atoms with E-state index < -0.39 is 0 Å². The summed E-state index contributed by atoms with van der Waals surface area (Å²) < 4.78 is 7.49. The molecule has 1 amide bonds. The van der Waals surface area contributed by atoms with Crippen molar-refractivity contribution in [1.29, 1.82) is 0 Å². The molecule has 0 bridgehead atoms. The number of nitrogens with zero attached hydrogens (tertiary/aromatic N) is 3. The van der Waals surface area contributed by atoms with Gasteiger partial charge in [-0.15, -0.1) is 5.10 Å². The first-order valence-electron chi connectivity index (χ1n) is 7.59. The van der Waals surface area contributed by atoms with E-state index in [1.807, 2.05) is 18.2 Å². The molecule has 1 aliphatic heterocycles. The maximum Gasteiger partial charge on any atom is 0.220 e. The predicted octanol–water partition coefficient (Wildman–Crippen LogP) is 1.32. The third-order valence-corrected chi connectivity index (χ3v) is 3.76. The van der Waals surface area contributed by atoms with Gasteiger partial charge in [-0.25, -0.2) is 4.68 Å². The number of hydrogen-bond donors (Lipinski definition) is 1.